The molecule has 152 valence electrons. The van der Waals surface area contributed by atoms with Crippen molar-refractivity contribution in [2.24, 2.45) is 0 Å². The Morgan fingerprint density at radius 3 is 2.93 bits per heavy atom. The maximum absolute atomic E-state index is 12.6. The molecule has 0 fully saturated rings. The number of amides is 1. The highest BCUT2D eigenvalue weighted by molar-refractivity contribution is 7.18. The number of nitrogens with zero attached hydrogens (tertiary/aromatic N) is 2. The molecule has 4 aromatic rings. The fourth-order valence-electron chi connectivity index (χ4n) is 4.20. The summed E-state index contributed by atoms with van der Waals surface area (Å²) in [5.74, 6) is 0.486. The highest BCUT2D eigenvalue weighted by Crippen LogP contribution is 2.34. The van der Waals surface area contributed by atoms with Gasteiger partial charge >= 0.3 is 0 Å². The van der Waals surface area contributed by atoms with Gasteiger partial charge in [-0.2, -0.15) is 0 Å². The van der Waals surface area contributed by atoms with Crippen LogP contribution in [-0.2, 0) is 24.2 Å². The van der Waals surface area contributed by atoms with Gasteiger partial charge in [0, 0.05) is 16.0 Å². The van der Waals surface area contributed by atoms with Crippen LogP contribution in [0.4, 0.5) is 5.69 Å². The maximum atomic E-state index is 12.6. The number of carbonyl (C=O) groups is 1. The molecule has 0 bridgehead atoms. The Labute approximate surface area is 177 Å². The van der Waals surface area contributed by atoms with E-state index in [1.807, 2.05) is 54.4 Å². The molecule has 0 saturated heterocycles. The monoisotopic (exact) mass is 418 g/mol. The van der Waals surface area contributed by atoms with Gasteiger partial charge in [0.2, 0.25) is 5.91 Å². The van der Waals surface area contributed by atoms with E-state index in [9.17, 15) is 9.59 Å². The van der Waals surface area contributed by atoms with Gasteiger partial charge in [0.25, 0.3) is 5.56 Å². The number of carbonyl (C=O) groups excluding carboxylic acids is 1. The Kier molecular flexibility index (Phi) is 4.84. The van der Waals surface area contributed by atoms with E-state index in [2.05, 4.69) is 15.3 Å². The number of aromatic nitrogens is 2. The van der Waals surface area contributed by atoms with E-state index in [4.69, 9.17) is 0 Å². The van der Waals surface area contributed by atoms with Crippen molar-refractivity contribution in [2.75, 3.05) is 18.9 Å². The summed E-state index contributed by atoms with van der Waals surface area (Å²) in [4.78, 5) is 36.7. The van der Waals surface area contributed by atoms with E-state index in [0.29, 0.717) is 12.4 Å². The third kappa shape index (κ3) is 3.51. The number of fused-ring (bicyclic) bond motifs is 4. The van der Waals surface area contributed by atoms with Gasteiger partial charge in [0.05, 0.1) is 18.5 Å². The van der Waals surface area contributed by atoms with Crippen LogP contribution in [0.5, 0.6) is 0 Å². The summed E-state index contributed by atoms with van der Waals surface area (Å²) in [6.45, 7) is 0.600. The lowest BCUT2D eigenvalue weighted by atomic mass is 10.1. The largest absolute Gasteiger partial charge is 0.324 e. The number of benzene rings is 2. The molecule has 2 N–H and O–H groups in total. The van der Waals surface area contributed by atoms with Crippen LogP contribution in [0.3, 0.4) is 0 Å². The molecule has 0 atom stereocenters. The van der Waals surface area contributed by atoms with Gasteiger partial charge in [-0.3, -0.25) is 14.5 Å². The summed E-state index contributed by atoms with van der Waals surface area (Å²) in [6.07, 6.45) is 3.12. The molecule has 0 aliphatic heterocycles. The molecule has 0 radical (unpaired) electrons. The minimum Gasteiger partial charge on any atom is -0.324 e. The SMILES string of the molecule is CN(CC(=O)Nc1cccc2ccccc12)Cc1nc2sc3c(c2c(=O)[nH]1)CCC3. The summed E-state index contributed by atoms with van der Waals surface area (Å²) < 4.78 is 0. The summed E-state index contributed by atoms with van der Waals surface area (Å²) in [5, 5.41) is 5.85. The number of hydrogen-bond acceptors (Lipinski definition) is 5. The lowest BCUT2D eigenvalue weighted by Crippen LogP contribution is -2.31. The van der Waals surface area contributed by atoms with Crippen LogP contribution in [0.1, 0.15) is 22.7 Å². The highest BCUT2D eigenvalue weighted by atomic mass is 32.1. The topological polar surface area (TPSA) is 78.1 Å². The zero-order valence-electron chi connectivity index (χ0n) is 16.7. The number of rotatable bonds is 5. The van der Waals surface area contributed by atoms with Crippen molar-refractivity contribution in [1.29, 1.82) is 0 Å². The number of nitrogens with one attached hydrogen (secondary N) is 2. The van der Waals surface area contributed by atoms with Gasteiger partial charge in [-0.05, 0) is 43.3 Å². The predicted molar refractivity (Wildman–Crippen MR) is 121 cm³/mol. The molecular formula is C23H22N4O2S. The first-order valence-corrected chi connectivity index (χ1v) is 10.9. The number of hydrogen-bond donors (Lipinski definition) is 2. The molecule has 1 aliphatic rings. The van der Waals surface area contributed by atoms with Gasteiger partial charge in [-0.25, -0.2) is 4.98 Å². The lowest BCUT2D eigenvalue weighted by molar-refractivity contribution is -0.117. The minimum absolute atomic E-state index is 0.0667. The molecule has 6 nitrogen and oxygen atoms in total. The molecule has 0 saturated carbocycles. The second kappa shape index (κ2) is 7.66. The van der Waals surface area contributed by atoms with Crippen LogP contribution in [0.15, 0.2) is 47.3 Å². The zero-order chi connectivity index (χ0) is 20.7. The molecule has 2 aromatic carbocycles. The smallest absolute Gasteiger partial charge is 0.259 e. The van der Waals surface area contributed by atoms with Crippen LogP contribution < -0.4 is 10.9 Å². The van der Waals surface area contributed by atoms with Gasteiger partial charge in [0.15, 0.2) is 0 Å². The van der Waals surface area contributed by atoms with Crippen LogP contribution in [-0.4, -0.2) is 34.4 Å². The second-order valence-corrected chi connectivity index (χ2v) is 8.88. The molecule has 7 heteroatoms. The van der Waals surface area contributed by atoms with Crippen LogP contribution in [0, 0.1) is 0 Å². The molecule has 1 amide bonds. The Morgan fingerprint density at radius 1 is 1.20 bits per heavy atom. The Hall–Kier alpha value is -3.03. The van der Waals surface area contributed by atoms with Crippen LogP contribution >= 0.6 is 11.3 Å². The molecule has 2 aromatic heterocycles. The Morgan fingerprint density at radius 2 is 2.03 bits per heavy atom. The average molecular weight is 419 g/mol. The third-order valence-electron chi connectivity index (χ3n) is 5.52. The quantitative estimate of drug-likeness (QED) is 0.518. The normalized spacial score (nSPS) is 13.3. The van der Waals surface area contributed by atoms with Crippen molar-refractivity contribution >= 4 is 43.9 Å². The van der Waals surface area contributed by atoms with Crippen molar-refractivity contribution in [1.82, 2.24) is 14.9 Å². The van der Waals surface area contributed by atoms with Gasteiger partial charge < -0.3 is 10.3 Å². The Balaban J connectivity index is 1.29. The van der Waals surface area contributed by atoms with Crippen molar-refractivity contribution in [3.63, 3.8) is 0 Å². The molecule has 0 unspecified atom stereocenters. The van der Waals surface area contributed by atoms with Crippen molar-refractivity contribution in [3.8, 4) is 0 Å². The van der Waals surface area contributed by atoms with Crippen molar-refractivity contribution in [3.05, 3.63) is 69.1 Å². The third-order valence-corrected chi connectivity index (χ3v) is 6.71. The molecular weight excluding hydrogens is 396 g/mol. The van der Waals surface area contributed by atoms with Gasteiger partial charge in [-0.1, -0.05) is 36.4 Å². The fraction of sp³-hybridized carbons (Fsp3) is 0.261. The molecule has 0 spiro atoms. The number of thiophene rings is 1. The number of H-pyrrole nitrogens is 1. The number of aryl methyl sites for hydroxylation is 2. The van der Waals surface area contributed by atoms with E-state index in [1.54, 1.807) is 11.3 Å². The van der Waals surface area contributed by atoms with Gasteiger partial charge in [0.1, 0.15) is 10.7 Å². The van der Waals surface area contributed by atoms with E-state index >= 15 is 0 Å². The number of likely N-dealkylation sites (N-methyl/N-ethyl adjacent to an activating group) is 1. The number of aromatic amines is 1. The van der Waals surface area contributed by atoms with Gasteiger partial charge in [-0.15, -0.1) is 11.3 Å². The van der Waals surface area contributed by atoms with E-state index in [1.165, 1.54) is 10.4 Å². The highest BCUT2D eigenvalue weighted by Gasteiger charge is 2.21. The first kappa shape index (κ1) is 19.0. The average Bonchev–Trinajstić information content (AvgIpc) is 3.29. The maximum Gasteiger partial charge on any atom is 0.259 e. The predicted octanol–water partition coefficient (Wildman–Crippen LogP) is 3.70. The lowest BCUT2D eigenvalue weighted by Gasteiger charge is -2.16. The molecule has 30 heavy (non-hydrogen) atoms. The molecule has 5 rings (SSSR count). The first-order valence-electron chi connectivity index (χ1n) is 10.1. The van der Waals surface area contributed by atoms with E-state index in [0.717, 1.165) is 45.9 Å². The second-order valence-electron chi connectivity index (χ2n) is 7.80. The zero-order valence-corrected chi connectivity index (χ0v) is 17.5. The number of anilines is 1. The van der Waals surface area contributed by atoms with Crippen LogP contribution in [0.2, 0.25) is 0 Å². The first-order chi connectivity index (χ1) is 14.6. The Bertz CT molecular complexity index is 1320. The molecule has 2 heterocycles. The minimum atomic E-state index is -0.104. The molecule has 1 aliphatic carbocycles. The summed E-state index contributed by atoms with van der Waals surface area (Å²) in [6, 6.07) is 13.8. The summed E-state index contributed by atoms with van der Waals surface area (Å²) in [5.41, 5.74) is 1.91. The van der Waals surface area contributed by atoms with E-state index in [-0.39, 0.29) is 18.0 Å². The van der Waals surface area contributed by atoms with Crippen LogP contribution in [0.25, 0.3) is 21.0 Å². The summed E-state index contributed by atoms with van der Waals surface area (Å²) in [7, 11) is 1.85. The van der Waals surface area contributed by atoms with Crippen molar-refractivity contribution in [2.45, 2.75) is 25.8 Å². The van der Waals surface area contributed by atoms with E-state index < -0.39 is 0 Å². The summed E-state index contributed by atoms with van der Waals surface area (Å²) >= 11 is 1.63. The van der Waals surface area contributed by atoms with Crippen molar-refractivity contribution < 1.29 is 4.79 Å². The fourth-order valence-corrected chi connectivity index (χ4v) is 5.48. The standard InChI is InChI=1S/C23H22N4O2S/c1-27(13-20(28)24-17-10-4-7-14-6-2-3-8-15(14)17)12-19-25-22(29)21-16-9-5-11-18(16)30-23(21)26-19/h2-4,6-8,10H,5,9,11-13H2,1H3,(H,24,28)(H,25,26,29).